The van der Waals surface area contributed by atoms with Crippen LogP contribution in [0.5, 0.6) is 0 Å². The van der Waals surface area contributed by atoms with Gasteiger partial charge < -0.3 is 5.32 Å². The molecule has 1 amide bonds. The van der Waals surface area contributed by atoms with Crippen LogP contribution in [0.3, 0.4) is 0 Å². The first-order valence-corrected chi connectivity index (χ1v) is 7.91. The molecule has 0 aliphatic carbocycles. The average molecular weight is 324 g/mol. The lowest BCUT2D eigenvalue weighted by Crippen LogP contribution is -2.27. The third kappa shape index (κ3) is 4.02. The van der Waals surface area contributed by atoms with E-state index in [-0.39, 0.29) is 17.4 Å². The number of carbonyl (C=O) groups is 1. The van der Waals surface area contributed by atoms with Crippen LogP contribution in [-0.2, 0) is 5.41 Å². The Labute approximate surface area is 133 Å². The minimum absolute atomic E-state index is 0.137. The molecule has 0 bridgehead atoms. The van der Waals surface area contributed by atoms with Crippen molar-refractivity contribution in [3.63, 3.8) is 0 Å². The number of hydrogen-bond acceptors (Lipinski definition) is 4. The van der Waals surface area contributed by atoms with Crippen LogP contribution < -0.4 is 5.32 Å². The molecule has 21 heavy (non-hydrogen) atoms. The highest BCUT2D eigenvalue weighted by Crippen LogP contribution is 2.24. The van der Waals surface area contributed by atoms with Crippen molar-refractivity contribution in [3.8, 4) is 0 Å². The van der Waals surface area contributed by atoms with E-state index in [1.165, 1.54) is 11.3 Å². The number of amides is 1. The first kappa shape index (κ1) is 15.9. The number of nitrogens with zero attached hydrogens (tertiary/aromatic N) is 2. The molecule has 2 aromatic heterocycles. The summed E-state index contributed by atoms with van der Waals surface area (Å²) in [5.74, 6) is -0.174. The van der Waals surface area contributed by atoms with Crippen LogP contribution in [-0.4, -0.2) is 15.9 Å². The van der Waals surface area contributed by atoms with E-state index in [9.17, 15) is 4.79 Å². The predicted molar refractivity (Wildman–Crippen MR) is 85.9 cm³/mol. The first-order valence-electron chi connectivity index (χ1n) is 6.65. The summed E-state index contributed by atoms with van der Waals surface area (Å²) in [4.78, 5) is 20.9. The van der Waals surface area contributed by atoms with Gasteiger partial charge in [0, 0.05) is 28.2 Å². The average Bonchev–Trinajstić information content (AvgIpc) is 2.90. The lowest BCUT2D eigenvalue weighted by molar-refractivity contribution is 0.0939. The number of aromatic nitrogens is 2. The second kappa shape index (κ2) is 6.12. The van der Waals surface area contributed by atoms with Crippen LogP contribution in [0, 0.1) is 0 Å². The Kier molecular flexibility index (Phi) is 4.64. The molecular weight excluding hydrogens is 306 g/mol. The van der Waals surface area contributed by atoms with Gasteiger partial charge in [0.2, 0.25) is 0 Å². The molecule has 0 spiro atoms. The van der Waals surface area contributed by atoms with E-state index in [1.807, 2.05) is 33.1 Å². The van der Waals surface area contributed by atoms with Crippen LogP contribution in [0.4, 0.5) is 0 Å². The standard InChI is InChI=1S/C15H18ClN3OS/c1-9(14-17-5-6-21-14)18-13(20)10-7-11(15(2,3)4)19-12(16)8-10/h5-9H,1-4H3,(H,18,20). The molecule has 1 unspecified atom stereocenters. The maximum absolute atomic E-state index is 12.4. The number of carbonyl (C=O) groups excluding carboxylic acids is 1. The topological polar surface area (TPSA) is 54.9 Å². The Balaban J connectivity index is 2.21. The minimum atomic E-state index is -0.174. The fraction of sp³-hybridized carbons (Fsp3) is 0.400. The lowest BCUT2D eigenvalue weighted by Gasteiger charge is -2.19. The molecule has 6 heteroatoms. The van der Waals surface area contributed by atoms with Crippen molar-refractivity contribution in [1.29, 1.82) is 0 Å². The zero-order chi connectivity index (χ0) is 15.6. The number of hydrogen-bond donors (Lipinski definition) is 1. The van der Waals surface area contributed by atoms with Crippen LogP contribution in [0.25, 0.3) is 0 Å². The predicted octanol–water partition coefficient (Wildman–Crippen LogP) is 3.98. The summed E-state index contributed by atoms with van der Waals surface area (Å²) in [5.41, 5.74) is 1.14. The Bertz CT molecular complexity index is 635. The highest BCUT2D eigenvalue weighted by atomic mass is 35.5. The van der Waals surface area contributed by atoms with Gasteiger partial charge in [0.1, 0.15) is 10.2 Å². The lowest BCUT2D eigenvalue weighted by atomic mass is 9.91. The van der Waals surface area contributed by atoms with Gasteiger partial charge in [0.25, 0.3) is 5.91 Å². The Morgan fingerprint density at radius 1 is 1.38 bits per heavy atom. The summed E-state index contributed by atoms with van der Waals surface area (Å²) in [6.07, 6.45) is 1.73. The van der Waals surface area contributed by atoms with Crippen LogP contribution in [0.1, 0.15) is 54.8 Å². The van der Waals surface area contributed by atoms with E-state index in [2.05, 4.69) is 15.3 Å². The van der Waals surface area contributed by atoms with Crippen molar-refractivity contribution in [2.45, 2.75) is 39.2 Å². The van der Waals surface area contributed by atoms with E-state index < -0.39 is 0 Å². The minimum Gasteiger partial charge on any atom is -0.343 e. The molecule has 1 atom stereocenters. The SMILES string of the molecule is CC(NC(=O)c1cc(Cl)nc(C(C)(C)C)c1)c1nccs1. The van der Waals surface area contributed by atoms with Crippen molar-refractivity contribution in [2.75, 3.05) is 0 Å². The molecule has 2 heterocycles. The van der Waals surface area contributed by atoms with E-state index in [4.69, 9.17) is 11.6 Å². The summed E-state index contributed by atoms with van der Waals surface area (Å²) in [7, 11) is 0. The van der Waals surface area contributed by atoms with Gasteiger partial charge in [-0.2, -0.15) is 0 Å². The summed E-state index contributed by atoms with van der Waals surface area (Å²) in [6, 6.07) is 3.23. The molecule has 2 aromatic rings. The quantitative estimate of drug-likeness (QED) is 0.869. The van der Waals surface area contributed by atoms with Gasteiger partial charge in [-0.25, -0.2) is 9.97 Å². The van der Waals surface area contributed by atoms with Crippen LogP contribution >= 0.6 is 22.9 Å². The van der Waals surface area contributed by atoms with Crippen molar-refractivity contribution < 1.29 is 4.79 Å². The molecule has 0 aliphatic heterocycles. The maximum atomic E-state index is 12.4. The van der Waals surface area contributed by atoms with Gasteiger partial charge in [-0.1, -0.05) is 32.4 Å². The molecule has 0 saturated heterocycles. The Morgan fingerprint density at radius 2 is 2.10 bits per heavy atom. The molecule has 2 rings (SSSR count). The molecule has 4 nitrogen and oxygen atoms in total. The van der Waals surface area contributed by atoms with Crippen LogP contribution in [0.2, 0.25) is 5.15 Å². The van der Waals surface area contributed by atoms with Gasteiger partial charge >= 0.3 is 0 Å². The second-order valence-electron chi connectivity index (χ2n) is 5.88. The molecule has 1 N–H and O–H groups in total. The molecule has 0 fully saturated rings. The number of halogens is 1. The third-order valence-corrected chi connectivity index (χ3v) is 4.15. The van der Waals surface area contributed by atoms with Crippen molar-refractivity contribution in [2.24, 2.45) is 0 Å². The molecular formula is C15H18ClN3OS. The Hall–Kier alpha value is -1.46. The van der Waals surface area contributed by atoms with E-state index >= 15 is 0 Å². The van der Waals surface area contributed by atoms with Crippen molar-refractivity contribution >= 4 is 28.8 Å². The molecule has 0 radical (unpaired) electrons. The zero-order valence-electron chi connectivity index (χ0n) is 12.5. The van der Waals surface area contributed by atoms with Crippen molar-refractivity contribution in [3.05, 3.63) is 45.1 Å². The monoisotopic (exact) mass is 323 g/mol. The van der Waals surface area contributed by atoms with Gasteiger partial charge in [-0.05, 0) is 19.1 Å². The van der Waals surface area contributed by atoms with Gasteiger partial charge in [0.05, 0.1) is 6.04 Å². The number of pyridine rings is 1. The second-order valence-corrected chi connectivity index (χ2v) is 7.19. The highest BCUT2D eigenvalue weighted by molar-refractivity contribution is 7.09. The van der Waals surface area contributed by atoms with E-state index in [1.54, 1.807) is 18.3 Å². The number of rotatable bonds is 3. The van der Waals surface area contributed by atoms with Gasteiger partial charge in [-0.3, -0.25) is 4.79 Å². The normalized spacial score (nSPS) is 13.0. The first-order chi connectivity index (χ1) is 9.77. The summed E-state index contributed by atoms with van der Waals surface area (Å²) in [6.45, 7) is 8.01. The fourth-order valence-electron chi connectivity index (χ4n) is 1.80. The van der Waals surface area contributed by atoms with E-state index in [0.29, 0.717) is 10.7 Å². The molecule has 112 valence electrons. The smallest absolute Gasteiger partial charge is 0.252 e. The highest BCUT2D eigenvalue weighted by Gasteiger charge is 2.20. The number of thiazole rings is 1. The van der Waals surface area contributed by atoms with Gasteiger partial charge in [0.15, 0.2) is 0 Å². The third-order valence-electron chi connectivity index (χ3n) is 2.99. The largest absolute Gasteiger partial charge is 0.343 e. The number of nitrogens with one attached hydrogen (secondary N) is 1. The summed E-state index contributed by atoms with van der Waals surface area (Å²) < 4.78 is 0. The van der Waals surface area contributed by atoms with Crippen LogP contribution in [0.15, 0.2) is 23.7 Å². The molecule has 0 aromatic carbocycles. The summed E-state index contributed by atoms with van der Waals surface area (Å²) in [5, 5.41) is 6.02. The fourth-order valence-corrected chi connectivity index (χ4v) is 2.66. The zero-order valence-corrected chi connectivity index (χ0v) is 14.0. The van der Waals surface area contributed by atoms with Gasteiger partial charge in [-0.15, -0.1) is 11.3 Å². The summed E-state index contributed by atoms with van der Waals surface area (Å²) >= 11 is 7.55. The Morgan fingerprint density at radius 3 is 2.67 bits per heavy atom. The molecule has 0 aliphatic rings. The van der Waals surface area contributed by atoms with Crippen molar-refractivity contribution in [1.82, 2.24) is 15.3 Å². The maximum Gasteiger partial charge on any atom is 0.252 e. The molecule has 0 saturated carbocycles. The van der Waals surface area contributed by atoms with E-state index in [0.717, 1.165) is 10.7 Å².